The van der Waals surface area contributed by atoms with E-state index in [4.69, 9.17) is 21.1 Å². The van der Waals surface area contributed by atoms with Gasteiger partial charge in [-0.15, -0.1) is 0 Å². The largest absolute Gasteiger partial charge is 0.486 e. The lowest BCUT2D eigenvalue weighted by molar-refractivity contribution is 0.0943. The summed E-state index contributed by atoms with van der Waals surface area (Å²) in [7, 11) is -3.45. The maximum atomic E-state index is 12.1. The first-order valence-electron chi connectivity index (χ1n) is 7.12. The zero-order valence-corrected chi connectivity index (χ0v) is 13.8. The topological polar surface area (TPSA) is 64.6 Å². The summed E-state index contributed by atoms with van der Waals surface area (Å²) in [6.45, 7) is 0.463. The van der Waals surface area contributed by atoms with E-state index in [0.29, 0.717) is 28.7 Å². The smallest absolute Gasteiger partial charge is 0.215 e. The third-order valence-electron chi connectivity index (χ3n) is 3.37. The molecule has 1 atom stereocenters. The van der Waals surface area contributed by atoms with Crippen LogP contribution in [0.2, 0.25) is 5.02 Å². The van der Waals surface area contributed by atoms with Gasteiger partial charge in [0.2, 0.25) is 10.0 Å². The Morgan fingerprint density at radius 2 is 1.78 bits per heavy atom. The summed E-state index contributed by atoms with van der Waals surface area (Å²) in [6, 6.07) is 14.0. The highest BCUT2D eigenvalue weighted by Gasteiger charge is 2.22. The molecule has 0 saturated carbocycles. The summed E-state index contributed by atoms with van der Waals surface area (Å²) >= 11 is 5.79. The van der Waals surface area contributed by atoms with E-state index in [1.54, 1.807) is 30.3 Å². The minimum absolute atomic E-state index is 0.103. The molecule has 7 heteroatoms. The zero-order valence-electron chi connectivity index (χ0n) is 12.2. The molecule has 1 aliphatic heterocycles. The summed E-state index contributed by atoms with van der Waals surface area (Å²) in [4.78, 5) is 0. The maximum Gasteiger partial charge on any atom is 0.215 e. The predicted molar refractivity (Wildman–Crippen MR) is 88.4 cm³/mol. The summed E-state index contributed by atoms with van der Waals surface area (Å²) in [6.07, 6.45) is -0.357. The molecule has 0 bridgehead atoms. The number of benzene rings is 2. The van der Waals surface area contributed by atoms with Crippen LogP contribution in [0.25, 0.3) is 0 Å². The highest BCUT2D eigenvalue weighted by Crippen LogP contribution is 2.30. The van der Waals surface area contributed by atoms with Crippen molar-refractivity contribution in [1.82, 2.24) is 4.72 Å². The Balaban J connectivity index is 1.56. The van der Waals surface area contributed by atoms with E-state index in [1.807, 2.05) is 18.2 Å². The van der Waals surface area contributed by atoms with Crippen LogP contribution in [-0.2, 0) is 15.8 Å². The van der Waals surface area contributed by atoms with Gasteiger partial charge in [-0.25, -0.2) is 13.1 Å². The van der Waals surface area contributed by atoms with Gasteiger partial charge >= 0.3 is 0 Å². The number of hydrogen-bond donors (Lipinski definition) is 1. The number of para-hydroxylation sites is 2. The van der Waals surface area contributed by atoms with Crippen LogP contribution in [0.3, 0.4) is 0 Å². The Bertz CT molecular complexity index is 777. The quantitative estimate of drug-likeness (QED) is 0.897. The molecule has 23 heavy (non-hydrogen) atoms. The minimum atomic E-state index is -3.45. The van der Waals surface area contributed by atoms with Crippen molar-refractivity contribution < 1.29 is 17.9 Å². The molecule has 5 nitrogen and oxygen atoms in total. The molecule has 1 heterocycles. The molecule has 122 valence electrons. The van der Waals surface area contributed by atoms with Crippen molar-refractivity contribution in [2.75, 3.05) is 13.2 Å². The Morgan fingerprint density at radius 1 is 1.09 bits per heavy atom. The van der Waals surface area contributed by atoms with Crippen LogP contribution >= 0.6 is 11.6 Å². The van der Waals surface area contributed by atoms with E-state index < -0.39 is 10.0 Å². The fourth-order valence-electron chi connectivity index (χ4n) is 2.23. The van der Waals surface area contributed by atoms with Crippen LogP contribution in [0.15, 0.2) is 48.5 Å². The Hall–Kier alpha value is -1.76. The molecule has 0 amide bonds. The molecule has 0 aliphatic carbocycles. The average molecular weight is 354 g/mol. The zero-order chi connectivity index (χ0) is 16.3. The molecule has 0 unspecified atom stereocenters. The fourth-order valence-corrected chi connectivity index (χ4v) is 3.53. The first-order chi connectivity index (χ1) is 11.0. The number of sulfonamides is 1. The van der Waals surface area contributed by atoms with Crippen molar-refractivity contribution in [3.05, 3.63) is 59.1 Å². The van der Waals surface area contributed by atoms with E-state index in [9.17, 15) is 8.42 Å². The summed E-state index contributed by atoms with van der Waals surface area (Å²) in [5.41, 5.74) is 0.674. The molecule has 0 radical (unpaired) electrons. The molecule has 0 spiro atoms. The van der Waals surface area contributed by atoms with Crippen LogP contribution in [-0.4, -0.2) is 27.7 Å². The SMILES string of the molecule is O=S(=O)(Cc1ccc(Cl)cc1)NC[C@H]1COc2ccccc2O1. The molecule has 2 aromatic carbocycles. The van der Waals surface area contributed by atoms with Crippen LogP contribution in [0.4, 0.5) is 0 Å². The number of rotatable bonds is 5. The first-order valence-corrected chi connectivity index (χ1v) is 9.15. The van der Waals surface area contributed by atoms with Gasteiger partial charge in [-0.2, -0.15) is 0 Å². The van der Waals surface area contributed by atoms with Crippen molar-refractivity contribution in [2.45, 2.75) is 11.9 Å². The van der Waals surface area contributed by atoms with Crippen LogP contribution in [0.5, 0.6) is 11.5 Å². The van der Waals surface area contributed by atoms with E-state index in [2.05, 4.69) is 4.72 Å². The average Bonchev–Trinajstić information content (AvgIpc) is 2.55. The van der Waals surface area contributed by atoms with Crippen LogP contribution < -0.4 is 14.2 Å². The monoisotopic (exact) mass is 353 g/mol. The lowest BCUT2D eigenvalue weighted by Gasteiger charge is -2.26. The highest BCUT2D eigenvalue weighted by atomic mass is 35.5. The van der Waals surface area contributed by atoms with E-state index >= 15 is 0 Å². The van der Waals surface area contributed by atoms with Crippen LogP contribution in [0, 0.1) is 0 Å². The van der Waals surface area contributed by atoms with Crippen molar-refractivity contribution in [2.24, 2.45) is 0 Å². The maximum absolute atomic E-state index is 12.1. The number of halogens is 1. The van der Waals surface area contributed by atoms with Crippen molar-refractivity contribution in [3.8, 4) is 11.5 Å². The Morgan fingerprint density at radius 3 is 2.52 bits per heavy atom. The molecule has 3 rings (SSSR count). The van der Waals surface area contributed by atoms with Gasteiger partial charge in [0.1, 0.15) is 12.7 Å². The van der Waals surface area contributed by atoms with Gasteiger partial charge in [0.15, 0.2) is 11.5 Å². The molecule has 0 saturated heterocycles. The summed E-state index contributed by atoms with van der Waals surface area (Å²) in [5, 5.41) is 0.575. The third kappa shape index (κ3) is 4.37. The Kier molecular flexibility index (Phi) is 4.75. The standard InChI is InChI=1S/C16H16ClNO4S/c17-13-7-5-12(6-8-13)11-23(19,20)18-9-14-10-21-15-3-1-2-4-16(15)22-14/h1-8,14,18H,9-11H2/t14-/m0/s1. The molecule has 0 aromatic heterocycles. The van der Waals surface area contributed by atoms with Gasteiger partial charge in [0.25, 0.3) is 0 Å². The van der Waals surface area contributed by atoms with Gasteiger partial charge in [-0.05, 0) is 29.8 Å². The molecular formula is C16H16ClNO4S. The van der Waals surface area contributed by atoms with Crippen LogP contribution in [0.1, 0.15) is 5.56 Å². The highest BCUT2D eigenvalue weighted by molar-refractivity contribution is 7.88. The number of nitrogens with one attached hydrogen (secondary N) is 1. The second-order valence-corrected chi connectivity index (χ2v) is 7.47. The first kappa shape index (κ1) is 16.1. The molecule has 1 aliphatic rings. The summed E-state index contributed by atoms with van der Waals surface area (Å²) < 4.78 is 38.1. The van der Waals surface area contributed by atoms with Gasteiger partial charge in [-0.1, -0.05) is 35.9 Å². The number of fused-ring (bicyclic) bond motifs is 1. The number of hydrogen-bond acceptors (Lipinski definition) is 4. The van der Waals surface area contributed by atoms with Crippen molar-refractivity contribution in [3.63, 3.8) is 0 Å². The van der Waals surface area contributed by atoms with Gasteiger partial charge in [-0.3, -0.25) is 0 Å². The van der Waals surface area contributed by atoms with E-state index in [1.165, 1.54) is 0 Å². The van der Waals surface area contributed by atoms with Crippen molar-refractivity contribution in [1.29, 1.82) is 0 Å². The molecule has 2 aromatic rings. The van der Waals surface area contributed by atoms with E-state index in [0.717, 1.165) is 0 Å². The van der Waals surface area contributed by atoms with E-state index in [-0.39, 0.29) is 18.4 Å². The van der Waals surface area contributed by atoms with Gasteiger partial charge < -0.3 is 9.47 Å². The number of ether oxygens (including phenoxy) is 2. The van der Waals surface area contributed by atoms with Gasteiger partial charge in [0.05, 0.1) is 12.3 Å². The molecular weight excluding hydrogens is 338 g/mol. The molecule has 0 fully saturated rings. The predicted octanol–water partition coefficient (Wildman–Crippen LogP) is 2.60. The normalized spacial score (nSPS) is 17.0. The van der Waals surface area contributed by atoms with Gasteiger partial charge in [0, 0.05) is 5.02 Å². The Labute approximate surface area is 140 Å². The van der Waals surface area contributed by atoms with Crippen molar-refractivity contribution >= 4 is 21.6 Å². The second-order valence-electron chi connectivity index (χ2n) is 5.23. The lowest BCUT2D eigenvalue weighted by Crippen LogP contribution is -2.41. The third-order valence-corrected chi connectivity index (χ3v) is 4.94. The minimum Gasteiger partial charge on any atom is -0.486 e. The summed E-state index contributed by atoms with van der Waals surface area (Å²) in [5.74, 6) is 1.20. The fraction of sp³-hybridized carbons (Fsp3) is 0.250. The lowest BCUT2D eigenvalue weighted by atomic mass is 10.2. The molecule has 1 N–H and O–H groups in total. The second kappa shape index (κ2) is 6.78.